The van der Waals surface area contributed by atoms with Crippen molar-refractivity contribution in [3.8, 4) is 22.3 Å². The fourth-order valence-corrected chi connectivity index (χ4v) is 9.53. The highest BCUT2D eigenvalue weighted by Gasteiger charge is 2.41. The van der Waals surface area contributed by atoms with Crippen LogP contribution < -0.4 is 5.32 Å². The molecule has 6 aromatic carbocycles. The van der Waals surface area contributed by atoms with Crippen LogP contribution >= 0.6 is 0 Å². The zero-order valence-corrected chi connectivity index (χ0v) is 31.4. The van der Waals surface area contributed by atoms with Crippen LogP contribution in [0, 0.1) is 0 Å². The Balaban J connectivity index is 1.06. The molecule has 1 aliphatic heterocycles. The molecule has 4 aliphatic rings. The molecule has 0 bridgehead atoms. The largest absolute Gasteiger partial charge is 0.370 e. The summed E-state index contributed by atoms with van der Waals surface area (Å²) in [6.07, 6.45) is 6.54. The number of aliphatic imine (C=N–C) groups is 1. The highest BCUT2D eigenvalue weighted by molar-refractivity contribution is 6.08. The fourth-order valence-electron chi connectivity index (χ4n) is 9.53. The number of hydrogen-bond donors (Lipinski definition) is 1. The minimum Gasteiger partial charge on any atom is -0.370 e. The van der Waals surface area contributed by atoms with E-state index >= 15 is 0 Å². The van der Waals surface area contributed by atoms with Crippen LogP contribution in [0.4, 0.5) is 0 Å². The van der Waals surface area contributed by atoms with Crippen LogP contribution in [0.2, 0.25) is 0 Å². The second kappa shape index (κ2) is 12.3. The third-order valence-electron chi connectivity index (χ3n) is 12.5. The first-order valence-corrected chi connectivity index (χ1v) is 19.4. The maximum Gasteiger partial charge on any atom is 0.0947 e. The lowest BCUT2D eigenvalue weighted by molar-refractivity contribution is 0.639. The molecule has 1 atom stereocenters. The average molecular weight is 697 g/mol. The lowest BCUT2D eigenvalue weighted by Crippen LogP contribution is -2.33. The lowest BCUT2D eigenvalue weighted by atomic mass is 9.77. The first-order valence-electron chi connectivity index (χ1n) is 19.4. The van der Waals surface area contributed by atoms with Gasteiger partial charge in [0.2, 0.25) is 0 Å². The Morgan fingerprint density at radius 2 is 1.04 bits per heavy atom. The van der Waals surface area contributed by atoms with Gasteiger partial charge in [-0.2, -0.15) is 0 Å². The molecular formula is C52H44N2. The summed E-state index contributed by atoms with van der Waals surface area (Å²) in [7, 11) is 0. The molecule has 3 aliphatic carbocycles. The zero-order valence-electron chi connectivity index (χ0n) is 31.4. The number of allylic oxidation sites excluding steroid dienone is 4. The summed E-state index contributed by atoms with van der Waals surface area (Å²) in [5.74, 6) is 0. The van der Waals surface area contributed by atoms with Gasteiger partial charge >= 0.3 is 0 Å². The first kappa shape index (κ1) is 32.6. The highest BCUT2D eigenvalue weighted by Crippen LogP contribution is 2.56. The molecule has 1 unspecified atom stereocenters. The van der Waals surface area contributed by atoms with E-state index in [-0.39, 0.29) is 16.9 Å². The van der Waals surface area contributed by atoms with Gasteiger partial charge in [0, 0.05) is 10.8 Å². The van der Waals surface area contributed by atoms with Gasteiger partial charge in [0.1, 0.15) is 0 Å². The second-order valence-electron chi connectivity index (χ2n) is 16.3. The minimum absolute atomic E-state index is 0.00798. The van der Waals surface area contributed by atoms with Gasteiger partial charge in [-0.05, 0) is 103 Å². The van der Waals surface area contributed by atoms with Gasteiger partial charge in [0.15, 0.2) is 0 Å². The van der Waals surface area contributed by atoms with Gasteiger partial charge < -0.3 is 5.32 Å². The van der Waals surface area contributed by atoms with E-state index in [1.165, 1.54) is 66.8 Å². The number of benzene rings is 6. The van der Waals surface area contributed by atoms with E-state index in [0.717, 1.165) is 41.1 Å². The van der Waals surface area contributed by atoms with E-state index in [4.69, 9.17) is 4.99 Å². The fraction of sp³-hybridized carbons (Fsp3) is 0.173. The van der Waals surface area contributed by atoms with Crippen molar-refractivity contribution in [2.45, 2.75) is 57.4 Å². The van der Waals surface area contributed by atoms with E-state index in [1.807, 2.05) is 0 Å². The maximum absolute atomic E-state index is 5.57. The van der Waals surface area contributed by atoms with Crippen molar-refractivity contribution >= 4 is 17.0 Å². The molecule has 6 aromatic rings. The van der Waals surface area contributed by atoms with Gasteiger partial charge in [0.05, 0.1) is 23.1 Å². The highest BCUT2D eigenvalue weighted by atomic mass is 15.0. The summed E-state index contributed by atoms with van der Waals surface area (Å²) >= 11 is 0. The van der Waals surface area contributed by atoms with Gasteiger partial charge in [-0.15, -0.1) is 0 Å². The number of fused-ring (bicyclic) bond motifs is 6. The molecule has 1 heterocycles. The molecule has 0 fully saturated rings. The van der Waals surface area contributed by atoms with E-state index < -0.39 is 0 Å². The molecule has 0 saturated heterocycles. The predicted molar refractivity (Wildman–Crippen MR) is 226 cm³/mol. The second-order valence-corrected chi connectivity index (χ2v) is 16.3. The van der Waals surface area contributed by atoms with Crippen molar-refractivity contribution < 1.29 is 0 Å². The van der Waals surface area contributed by atoms with Crippen molar-refractivity contribution in [3.63, 3.8) is 0 Å². The molecule has 54 heavy (non-hydrogen) atoms. The van der Waals surface area contributed by atoms with Gasteiger partial charge in [0.25, 0.3) is 0 Å². The first-order chi connectivity index (χ1) is 26.3. The Bertz CT molecular complexity index is 2600. The Hall–Kier alpha value is -5.99. The Labute approximate surface area is 319 Å². The Morgan fingerprint density at radius 3 is 1.72 bits per heavy atom. The van der Waals surface area contributed by atoms with Gasteiger partial charge in [-0.25, -0.2) is 4.99 Å². The molecule has 10 rings (SSSR count). The summed E-state index contributed by atoms with van der Waals surface area (Å²) in [4.78, 5) is 5.57. The van der Waals surface area contributed by atoms with E-state index in [0.29, 0.717) is 0 Å². The summed E-state index contributed by atoms with van der Waals surface area (Å²) in [5.41, 5.74) is 21.8. The van der Waals surface area contributed by atoms with Crippen LogP contribution in [0.3, 0.4) is 0 Å². The van der Waals surface area contributed by atoms with Crippen molar-refractivity contribution in [1.29, 1.82) is 0 Å². The maximum atomic E-state index is 5.57. The summed E-state index contributed by atoms with van der Waals surface area (Å²) in [6, 6.07) is 53.2. The van der Waals surface area contributed by atoms with Crippen molar-refractivity contribution in [2.75, 3.05) is 0 Å². The van der Waals surface area contributed by atoms with E-state index in [1.54, 1.807) is 0 Å². The lowest BCUT2D eigenvalue weighted by Gasteiger charge is -2.31. The molecule has 0 aromatic heterocycles. The SMILES string of the molecule is CC1(C)c2ccccc2-c2cc3c(cc21)C(C)(C)c1ccc(C2=CC=C(C4=C(c5ccccc5)NC(c5ccccc5)C(c5ccccc5)=N4)CC2)cc1-3. The third kappa shape index (κ3) is 5.04. The van der Waals surface area contributed by atoms with Crippen LogP contribution in [0.25, 0.3) is 33.5 Å². The summed E-state index contributed by atoms with van der Waals surface area (Å²) in [5, 5.41) is 3.99. The zero-order chi connectivity index (χ0) is 36.6. The number of nitrogens with one attached hydrogen (secondary N) is 1. The molecule has 0 radical (unpaired) electrons. The van der Waals surface area contributed by atoms with Crippen LogP contribution in [-0.2, 0) is 10.8 Å². The normalized spacial score (nSPS) is 18.7. The van der Waals surface area contributed by atoms with Crippen molar-refractivity contribution in [1.82, 2.24) is 5.32 Å². The molecular weight excluding hydrogens is 653 g/mol. The van der Waals surface area contributed by atoms with Crippen LogP contribution in [0.1, 0.15) is 91.1 Å². The Morgan fingerprint density at radius 1 is 0.481 bits per heavy atom. The molecule has 0 amide bonds. The van der Waals surface area contributed by atoms with Crippen LogP contribution in [0.15, 0.2) is 174 Å². The molecule has 0 saturated carbocycles. The van der Waals surface area contributed by atoms with Crippen molar-refractivity contribution in [3.05, 3.63) is 214 Å². The molecule has 262 valence electrons. The smallest absolute Gasteiger partial charge is 0.0947 e. The van der Waals surface area contributed by atoms with Gasteiger partial charge in [-0.1, -0.05) is 173 Å². The van der Waals surface area contributed by atoms with Crippen molar-refractivity contribution in [2.24, 2.45) is 4.99 Å². The topological polar surface area (TPSA) is 24.4 Å². The predicted octanol–water partition coefficient (Wildman–Crippen LogP) is 12.6. The summed E-state index contributed by atoms with van der Waals surface area (Å²) < 4.78 is 0. The molecule has 2 heteroatoms. The quantitative estimate of drug-likeness (QED) is 0.191. The average Bonchev–Trinajstić information content (AvgIpc) is 3.59. The van der Waals surface area contributed by atoms with Crippen LogP contribution in [0.5, 0.6) is 0 Å². The van der Waals surface area contributed by atoms with Gasteiger partial charge in [-0.3, -0.25) is 0 Å². The Kier molecular flexibility index (Phi) is 7.43. The monoisotopic (exact) mass is 696 g/mol. The molecule has 2 nitrogen and oxygen atoms in total. The van der Waals surface area contributed by atoms with Crippen LogP contribution in [-0.4, -0.2) is 5.71 Å². The summed E-state index contributed by atoms with van der Waals surface area (Å²) in [6.45, 7) is 9.56. The molecule has 0 spiro atoms. The third-order valence-corrected chi connectivity index (χ3v) is 12.5. The number of hydrogen-bond acceptors (Lipinski definition) is 2. The number of rotatable bonds is 5. The minimum atomic E-state index is -0.0674. The molecule has 1 N–H and O–H groups in total. The number of nitrogens with zero attached hydrogens (tertiary/aromatic N) is 1. The van der Waals surface area contributed by atoms with E-state index in [9.17, 15) is 0 Å². The van der Waals surface area contributed by atoms with E-state index in [2.05, 4.69) is 191 Å². The standard InChI is InChI=1S/C52H44N2/c1-51(2)43-23-15-14-22-39(43)41-31-42-40-30-38(28-29-44(40)52(3,4)46(42)32-45(41)51)33-24-26-37(27-25-33)50-49(36-20-12-7-13-21-36)53-47(34-16-8-5-9-17-34)48(54-50)35-18-10-6-11-19-35/h5-24,26,28-32,47,53H,25,27H2,1-4H3.